The molecule has 0 bridgehead atoms. The molecule has 1 N–H and O–H groups in total. The monoisotopic (exact) mass is 490 g/mol. The van der Waals surface area contributed by atoms with Gasteiger partial charge in [-0.3, -0.25) is 4.79 Å². The van der Waals surface area contributed by atoms with E-state index in [1.807, 2.05) is 82.5 Å². The quantitative estimate of drug-likeness (QED) is 0.354. The number of aromatic nitrogens is 4. The molecule has 0 aliphatic carbocycles. The Morgan fingerprint density at radius 1 is 1.11 bits per heavy atom. The maximum absolute atomic E-state index is 13.2. The Hall–Kier alpha value is -3.43. The number of ether oxygens (including phenoxy) is 1. The summed E-state index contributed by atoms with van der Waals surface area (Å²) in [4.78, 5) is 24.2. The summed E-state index contributed by atoms with van der Waals surface area (Å²) in [5.41, 5.74) is 4.59. The highest BCUT2D eigenvalue weighted by Gasteiger charge is 2.18. The van der Waals surface area contributed by atoms with E-state index in [-0.39, 0.29) is 11.9 Å². The van der Waals surface area contributed by atoms with E-state index in [1.165, 1.54) is 11.8 Å². The Balaban J connectivity index is 1.45. The number of hydrogen-bond acceptors (Lipinski definition) is 7. The second-order valence-electron chi connectivity index (χ2n) is 8.55. The number of carbonyl (C=O) groups is 1. The largest absolute Gasteiger partial charge is 0.497 e. The van der Waals surface area contributed by atoms with Crippen molar-refractivity contribution in [3.8, 4) is 5.75 Å². The van der Waals surface area contributed by atoms with E-state index in [0.29, 0.717) is 28.8 Å². The summed E-state index contributed by atoms with van der Waals surface area (Å²) in [7, 11) is 5.66. The van der Waals surface area contributed by atoms with Gasteiger partial charge in [0.25, 0.3) is 11.7 Å². The summed E-state index contributed by atoms with van der Waals surface area (Å²) < 4.78 is 7.01. The molecule has 0 saturated heterocycles. The summed E-state index contributed by atoms with van der Waals surface area (Å²) >= 11 is 1.49. The maximum Gasteiger partial charge on any atom is 0.253 e. The molecule has 35 heavy (non-hydrogen) atoms. The first-order valence-electron chi connectivity index (χ1n) is 11.4. The Kier molecular flexibility index (Phi) is 7.67. The van der Waals surface area contributed by atoms with Crippen LogP contribution in [0.25, 0.3) is 5.78 Å². The third-order valence-electron chi connectivity index (χ3n) is 5.80. The third kappa shape index (κ3) is 5.80. The summed E-state index contributed by atoms with van der Waals surface area (Å²) in [6, 6.07) is 17.6. The molecule has 0 spiro atoms. The standard InChI is InChI=1S/C26H30N6O2S/c1-17-14-18(2)32-25(28-17)29-26(30-32)35-16-20-8-6-7-9-22(20)24(33)27-15-23(31(3)4)19-10-12-21(34-5)13-11-19/h6-14,23H,15-16H2,1-5H3,(H,27,33). The van der Waals surface area contributed by atoms with Gasteiger partial charge in [-0.25, -0.2) is 9.50 Å². The molecule has 0 radical (unpaired) electrons. The molecular formula is C26H30N6O2S. The number of aryl methyl sites for hydroxylation is 2. The number of nitrogens with one attached hydrogen (secondary N) is 1. The van der Waals surface area contributed by atoms with Crippen molar-refractivity contribution in [1.29, 1.82) is 0 Å². The fourth-order valence-corrected chi connectivity index (χ4v) is 4.75. The summed E-state index contributed by atoms with van der Waals surface area (Å²) in [6.45, 7) is 4.41. The number of fused-ring (bicyclic) bond motifs is 1. The van der Waals surface area contributed by atoms with Crippen LogP contribution in [0.3, 0.4) is 0 Å². The van der Waals surface area contributed by atoms with E-state index < -0.39 is 0 Å². The summed E-state index contributed by atoms with van der Waals surface area (Å²) in [5.74, 6) is 1.87. The Labute approximate surface area is 209 Å². The predicted molar refractivity (Wildman–Crippen MR) is 138 cm³/mol. The summed E-state index contributed by atoms with van der Waals surface area (Å²) in [6.07, 6.45) is 0. The van der Waals surface area contributed by atoms with Crippen molar-refractivity contribution < 1.29 is 9.53 Å². The van der Waals surface area contributed by atoms with Gasteiger partial charge in [0, 0.05) is 29.2 Å². The molecule has 0 fully saturated rings. The lowest BCUT2D eigenvalue weighted by atomic mass is 10.0. The number of rotatable bonds is 9. The first-order chi connectivity index (χ1) is 16.9. The summed E-state index contributed by atoms with van der Waals surface area (Å²) in [5, 5.41) is 8.31. The van der Waals surface area contributed by atoms with E-state index >= 15 is 0 Å². The van der Waals surface area contributed by atoms with Crippen LogP contribution in [0, 0.1) is 13.8 Å². The van der Waals surface area contributed by atoms with Crippen molar-refractivity contribution in [2.45, 2.75) is 30.8 Å². The first kappa shape index (κ1) is 24.7. The molecule has 1 amide bonds. The van der Waals surface area contributed by atoms with E-state index in [0.717, 1.165) is 28.3 Å². The van der Waals surface area contributed by atoms with Crippen molar-refractivity contribution in [1.82, 2.24) is 29.8 Å². The number of benzene rings is 2. The first-order valence-corrected chi connectivity index (χ1v) is 12.3. The number of thioether (sulfide) groups is 1. The van der Waals surface area contributed by atoms with E-state index in [9.17, 15) is 4.79 Å². The lowest BCUT2D eigenvalue weighted by molar-refractivity contribution is 0.0941. The van der Waals surface area contributed by atoms with Crippen LogP contribution in [0.1, 0.15) is 38.9 Å². The van der Waals surface area contributed by atoms with Crippen LogP contribution in [0.2, 0.25) is 0 Å². The fraction of sp³-hybridized carbons (Fsp3) is 0.308. The lowest BCUT2D eigenvalue weighted by Gasteiger charge is -2.25. The molecule has 1 atom stereocenters. The Bertz CT molecular complexity index is 1320. The van der Waals surface area contributed by atoms with Crippen LogP contribution in [-0.4, -0.2) is 58.1 Å². The molecule has 0 aliphatic rings. The molecule has 1 unspecified atom stereocenters. The van der Waals surface area contributed by atoms with Crippen LogP contribution >= 0.6 is 11.8 Å². The van der Waals surface area contributed by atoms with Crippen molar-refractivity contribution in [3.05, 3.63) is 82.7 Å². The maximum atomic E-state index is 13.2. The third-order valence-corrected chi connectivity index (χ3v) is 6.68. The average molecular weight is 491 g/mol. The number of likely N-dealkylation sites (N-methyl/N-ethyl adjacent to an activating group) is 1. The number of nitrogens with zero attached hydrogens (tertiary/aromatic N) is 5. The van der Waals surface area contributed by atoms with Crippen molar-refractivity contribution in [2.24, 2.45) is 0 Å². The molecule has 182 valence electrons. The number of hydrogen-bond donors (Lipinski definition) is 1. The van der Waals surface area contributed by atoms with Gasteiger partial charge in [0.1, 0.15) is 5.75 Å². The van der Waals surface area contributed by atoms with Crippen molar-refractivity contribution >= 4 is 23.4 Å². The minimum Gasteiger partial charge on any atom is -0.497 e. The smallest absolute Gasteiger partial charge is 0.253 e. The molecule has 2 aromatic carbocycles. The molecule has 8 nitrogen and oxygen atoms in total. The molecule has 9 heteroatoms. The molecule has 2 heterocycles. The minimum atomic E-state index is -0.0994. The van der Waals surface area contributed by atoms with Crippen LogP contribution in [0.15, 0.2) is 59.8 Å². The van der Waals surface area contributed by atoms with Crippen molar-refractivity contribution in [2.75, 3.05) is 27.7 Å². The minimum absolute atomic E-state index is 0.0350. The van der Waals surface area contributed by atoms with Gasteiger partial charge in [0.15, 0.2) is 0 Å². The topological polar surface area (TPSA) is 84.6 Å². The second kappa shape index (κ2) is 10.9. The zero-order valence-electron chi connectivity index (χ0n) is 20.6. The van der Waals surface area contributed by atoms with Gasteiger partial charge in [-0.15, -0.1) is 5.10 Å². The molecule has 4 aromatic rings. The zero-order chi connectivity index (χ0) is 24.9. The van der Waals surface area contributed by atoms with E-state index in [1.54, 1.807) is 11.6 Å². The second-order valence-corrected chi connectivity index (χ2v) is 9.50. The van der Waals surface area contributed by atoms with E-state index in [4.69, 9.17) is 4.74 Å². The van der Waals surface area contributed by atoms with Gasteiger partial charge in [0.2, 0.25) is 5.16 Å². The predicted octanol–water partition coefficient (Wildman–Crippen LogP) is 4.07. The molecule has 0 aliphatic heterocycles. The highest BCUT2D eigenvalue weighted by atomic mass is 32.2. The SMILES string of the molecule is COc1ccc(C(CNC(=O)c2ccccc2CSc2nc3nc(C)cc(C)n3n2)N(C)C)cc1. The Morgan fingerprint density at radius 2 is 1.86 bits per heavy atom. The van der Waals surface area contributed by atoms with Gasteiger partial charge >= 0.3 is 0 Å². The highest BCUT2D eigenvalue weighted by molar-refractivity contribution is 7.98. The molecule has 4 rings (SSSR count). The number of methoxy groups -OCH3 is 1. The van der Waals surface area contributed by atoms with Crippen LogP contribution in [0.4, 0.5) is 0 Å². The number of carbonyl (C=O) groups excluding carboxylic acids is 1. The highest BCUT2D eigenvalue weighted by Crippen LogP contribution is 2.24. The average Bonchev–Trinajstić information content (AvgIpc) is 3.26. The lowest BCUT2D eigenvalue weighted by Crippen LogP contribution is -2.34. The van der Waals surface area contributed by atoms with Gasteiger partial charge in [-0.05, 0) is 63.3 Å². The van der Waals surface area contributed by atoms with Crippen LogP contribution < -0.4 is 10.1 Å². The van der Waals surface area contributed by atoms with Crippen molar-refractivity contribution in [3.63, 3.8) is 0 Å². The molecule has 2 aromatic heterocycles. The van der Waals surface area contributed by atoms with Gasteiger partial charge in [-0.2, -0.15) is 4.98 Å². The Morgan fingerprint density at radius 3 is 2.57 bits per heavy atom. The zero-order valence-corrected chi connectivity index (χ0v) is 21.5. The molecule has 0 saturated carbocycles. The van der Waals surface area contributed by atoms with Gasteiger partial charge < -0.3 is 15.0 Å². The van der Waals surface area contributed by atoms with Crippen LogP contribution in [0.5, 0.6) is 5.75 Å². The van der Waals surface area contributed by atoms with E-state index in [2.05, 4.69) is 25.3 Å². The molecular weight excluding hydrogens is 460 g/mol. The van der Waals surface area contributed by atoms with Gasteiger partial charge in [-0.1, -0.05) is 42.1 Å². The fourth-order valence-electron chi connectivity index (χ4n) is 3.93. The number of amides is 1. The van der Waals surface area contributed by atoms with Crippen LogP contribution in [-0.2, 0) is 5.75 Å². The van der Waals surface area contributed by atoms with Gasteiger partial charge in [0.05, 0.1) is 13.2 Å². The normalized spacial score (nSPS) is 12.2.